The number of amides is 2. The van der Waals surface area contributed by atoms with Gasteiger partial charge < -0.3 is 19.4 Å². The van der Waals surface area contributed by atoms with Crippen LogP contribution >= 0.6 is 0 Å². The third-order valence-electron chi connectivity index (χ3n) is 5.87. The molecule has 2 aliphatic heterocycles. The van der Waals surface area contributed by atoms with Crippen LogP contribution in [0.15, 0.2) is 18.2 Å². The van der Waals surface area contributed by atoms with Gasteiger partial charge in [0.05, 0.1) is 5.56 Å². The Kier molecular flexibility index (Phi) is 6.94. The Hall–Kier alpha value is -2.24. The number of hydrogen-bond acceptors (Lipinski definition) is 4. The van der Waals surface area contributed by atoms with E-state index in [-0.39, 0.29) is 17.9 Å². The number of ether oxygens (including phenoxy) is 1. The number of benzene rings is 1. The topological polar surface area (TPSA) is 53.1 Å². The van der Waals surface area contributed by atoms with Gasteiger partial charge >= 0.3 is 6.09 Å². The minimum absolute atomic E-state index is 0.116. The normalized spacial score (nSPS) is 19.7. The van der Waals surface area contributed by atoms with Crippen LogP contribution in [0.1, 0.15) is 62.4 Å². The molecule has 166 valence electrons. The molecule has 0 saturated carbocycles. The fraction of sp³-hybridized carbons (Fsp3) is 0.667. The predicted molar refractivity (Wildman–Crippen MR) is 120 cm³/mol. The van der Waals surface area contributed by atoms with Crippen molar-refractivity contribution in [3.63, 3.8) is 0 Å². The molecule has 2 fully saturated rings. The van der Waals surface area contributed by atoms with E-state index >= 15 is 0 Å². The summed E-state index contributed by atoms with van der Waals surface area (Å²) in [6.07, 6.45) is 4.04. The van der Waals surface area contributed by atoms with Crippen LogP contribution in [-0.2, 0) is 4.74 Å². The van der Waals surface area contributed by atoms with Gasteiger partial charge in [-0.25, -0.2) is 4.79 Å². The number of anilines is 1. The first-order chi connectivity index (χ1) is 14.1. The van der Waals surface area contributed by atoms with Gasteiger partial charge in [-0.3, -0.25) is 4.79 Å². The molecule has 6 heteroatoms. The number of piperidine rings is 1. The number of nitrogens with zero attached hydrogens (tertiary/aromatic N) is 3. The molecule has 2 saturated heterocycles. The summed E-state index contributed by atoms with van der Waals surface area (Å²) in [6, 6.07) is 6.23. The van der Waals surface area contributed by atoms with Crippen molar-refractivity contribution in [3.05, 3.63) is 29.3 Å². The third kappa shape index (κ3) is 5.67. The summed E-state index contributed by atoms with van der Waals surface area (Å²) in [5, 5.41) is 0. The number of rotatable bonds is 4. The van der Waals surface area contributed by atoms with Gasteiger partial charge in [0, 0.05) is 45.5 Å². The molecule has 0 aromatic heterocycles. The van der Waals surface area contributed by atoms with Gasteiger partial charge in [0.2, 0.25) is 0 Å². The molecular formula is C24H37N3O3. The second-order valence-corrected chi connectivity index (χ2v) is 9.84. The fourth-order valence-electron chi connectivity index (χ4n) is 4.43. The molecule has 30 heavy (non-hydrogen) atoms. The highest BCUT2D eigenvalue weighted by Gasteiger charge is 2.29. The molecule has 2 amide bonds. The zero-order valence-electron chi connectivity index (χ0n) is 19.2. The van der Waals surface area contributed by atoms with Gasteiger partial charge in [-0.1, -0.05) is 11.6 Å². The first kappa shape index (κ1) is 22.4. The van der Waals surface area contributed by atoms with Crippen LogP contribution < -0.4 is 4.90 Å². The molecule has 2 heterocycles. The number of carbonyl (C=O) groups excluding carboxylic acids is 2. The van der Waals surface area contributed by atoms with E-state index < -0.39 is 5.60 Å². The Bertz CT molecular complexity index is 765. The standard InChI is InChI=1S/C24H37N3O3/c1-18-10-11-21(26-12-6-7-13-26)20(15-18)22(28)27-14-8-9-19(17-27)16-25(5)23(29)30-24(2,3)4/h10-11,15,19H,6-9,12-14,16-17H2,1-5H3. The lowest BCUT2D eigenvalue weighted by Gasteiger charge is -2.36. The second kappa shape index (κ2) is 9.27. The molecule has 1 unspecified atom stereocenters. The molecule has 0 N–H and O–H groups in total. The molecule has 1 atom stereocenters. The maximum atomic E-state index is 13.5. The maximum Gasteiger partial charge on any atom is 0.410 e. The van der Waals surface area contributed by atoms with Crippen LogP contribution in [-0.4, -0.2) is 67.2 Å². The molecular weight excluding hydrogens is 378 g/mol. The monoisotopic (exact) mass is 415 g/mol. The van der Waals surface area contributed by atoms with E-state index in [1.54, 1.807) is 11.9 Å². The van der Waals surface area contributed by atoms with E-state index in [2.05, 4.69) is 17.0 Å². The Labute approximate surface area is 181 Å². The zero-order valence-corrected chi connectivity index (χ0v) is 19.2. The Balaban J connectivity index is 1.67. The Morgan fingerprint density at radius 1 is 1.13 bits per heavy atom. The molecule has 0 spiro atoms. The molecule has 0 bridgehead atoms. The van der Waals surface area contributed by atoms with Crippen molar-refractivity contribution < 1.29 is 14.3 Å². The van der Waals surface area contributed by atoms with Crippen molar-refractivity contribution in [2.24, 2.45) is 5.92 Å². The summed E-state index contributed by atoms with van der Waals surface area (Å²) in [7, 11) is 1.78. The average molecular weight is 416 g/mol. The van der Waals surface area contributed by atoms with Crippen molar-refractivity contribution in [2.45, 2.75) is 59.0 Å². The first-order valence-corrected chi connectivity index (χ1v) is 11.2. The summed E-state index contributed by atoms with van der Waals surface area (Å²) >= 11 is 0. The van der Waals surface area contributed by atoms with Crippen LogP contribution in [0.2, 0.25) is 0 Å². The molecule has 6 nitrogen and oxygen atoms in total. The number of likely N-dealkylation sites (tertiary alicyclic amines) is 1. The lowest BCUT2D eigenvalue weighted by atomic mass is 9.96. The molecule has 1 aromatic rings. The number of aryl methyl sites for hydroxylation is 1. The van der Waals surface area contributed by atoms with Crippen LogP contribution in [0.25, 0.3) is 0 Å². The predicted octanol–water partition coefficient (Wildman–Crippen LogP) is 4.31. The highest BCUT2D eigenvalue weighted by Crippen LogP contribution is 2.28. The zero-order chi connectivity index (χ0) is 21.9. The molecule has 2 aliphatic rings. The molecule has 3 rings (SSSR count). The summed E-state index contributed by atoms with van der Waals surface area (Å²) < 4.78 is 5.47. The van der Waals surface area contributed by atoms with Crippen LogP contribution in [0.5, 0.6) is 0 Å². The van der Waals surface area contributed by atoms with Crippen molar-refractivity contribution in [1.29, 1.82) is 0 Å². The summed E-state index contributed by atoms with van der Waals surface area (Å²) in [5.41, 5.74) is 2.49. The van der Waals surface area contributed by atoms with Gasteiger partial charge in [0.25, 0.3) is 5.91 Å². The van der Waals surface area contributed by atoms with E-state index in [9.17, 15) is 9.59 Å². The Morgan fingerprint density at radius 2 is 1.83 bits per heavy atom. The van der Waals surface area contributed by atoms with Crippen molar-refractivity contribution >= 4 is 17.7 Å². The molecule has 1 aromatic carbocycles. The average Bonchev–Trinajstić information content (AvgIpc) is 3.20. The van der Waals surface area contributed by atoms with Crippen LogP contribution in [0.3, 0.4) is 0 Å². The minimum Gasteiger partial charge on any atom is -0.444 e. The van der Waals surface area contributed by atoms with Crippen molar-refractivity contribution in [2.75, 3.05) is 44.7 Å². The van der Waals surface area contributed by atoms with Crippen molar-refractivity contribution in [1.82, 2.24) is 9.80 Å². The van der Waals surface area contributed by atoms with Gasteiger partial charge in [-0.05, 0) is 71.4 Å². The van der Waals surface area contributed by atoms with E-state index in [1.807, 2.05) is 38.7 Å². The van der Waals surface area contributed by atoms with E-state index in [0.717, 1.165) is 49.3 Å². The molecule has 0 aliphatic carbocycles. The quantitative estimate of drug-likeness (QED) is 0.735. The van der Waals surface area contributed by atoms with Gasteiger partial charge in [0.15, 0.2) is 0 Å². The fourth-order valence-corrected chi connectivity index (χ4v) is 4.43. The molecule has 0 radical (unpaired) electrons. The van der Waals surface area contributed by atoms with E-state index in [1.165, 1.54) is 12.8 Å². The summed E-state index contributed by atoms with van der Waals surface area (Å²) in [5.74, 6) is 0.380. The summed E-state index contributed by atoms with van der Waals surface area (Å²) in [6.45, 7) is 11.8. The van der Waals surface area contributed by atoms with Crippen molar-refractivity contribution in [3.8, 4) is 0 Å². The highest BCUT2D eigenvalue weighted by molar-refractivity contribution is 6.00. The number of hydrogen-bond donors (Lipinski definition) is 0. The van der Waals surface area contributed by atoms with Gasteiger partial charge in [-0.15, -0.1) is 0 Å². The smallest absolute Gasteiger partial charge is 0.410 e. The lowest BCUT2D eigenvalue weighted by Crippen LogP contribution is -2.45. The third-order valence-corrected chi connectivity index (χ3v) is 5.87. The van der Waals surface area contributed by atoms with Crippen LogP contribution in [0, 0.1) is 12.8 Å². The van der Waals surface area contributed by atoms with Gasteiger partial charge in [0.1, 0.15) is 5.60 Å². The lowest BCUT2D eigenvalue weighted by molar-refractivity contribution is 0.0244. The first-order valence-electron chi connectivity index (χ1n) is 11.2. The second-order valence-electron chi connectivity index (χ2n) is 9.84. The SMILES string of the molecule is Cc1ccc(N2CCCC2)c(C(=O)N2CCCC(CN(C)C(=O)OC(C)(C)C)C2)c1. The van der Waals surface area contributed by atoms with Gasteiger partial charge in [-0.2, -0.15) is 0 Å². The van der Waals surface area contributed by atoms with E-state index in [0.29, 0.717) is 13.1 Å². The minimum atomic E-state index is -0.503. The highest BCUT2D eigenvalue weighted by atomic mass is 16.6. The largest absolute Gasteiger partial charge is 0.444 e. The maximum absolute atomic E-state index is 13.5. The number of carbonyl (C=O) groups is 2. The Morgan fingerprint density at radius 3 is 2.50 bits per heavy atom. The van der Waals surface area contributed by atoms with E-state index in [4.69, 9.17) is 4.74 Å². The van der Waals surface area contributed by atoms with Crippen LogP contribution in [0.4, 0.5) is 10.5 Å². The summed E-state index contributed by atoms with van der Waals surface area (Å²) in [4.78, 5) is 31.8.